The van der Waals surface area contributed by atoms with Gasteiger partial charge in [0.1, 0.15) is 18.2 Å². The Balaban J connectivity index is 0.763. The summed E-state index contributed by atoms with van der Waals surface area (Å²) >= 11 is 0. The zero-order valence-corrected chi connectivity index (χ0v) is 37.5. The van der Waals surface area contributed by atoms with Gasteiger partial charge < -0.3 is 30.7 Å². The summed E-state index contributed by atoms with van der Waals surface area (Å²) in [5.41, 5.74) is 7.89. The number of primary amides is 1. The number of nitrogens with two attached hydrogens (primary N) is 1. The number of nitrogens with zero attached hydrogens (tertiary/aromatic N) is 5. The first-order valence-electron chi connectivity index (χ1n) is 23.2. The molecule has 2 aromatic heterocycles. The maximum atomic E-state index is 14.5. The number of nitrogens with one attached hydrogen (secondary N) is 3. The Morgan fingerprint density at radius 3 is 2.45 bits per heavy atom. The van der Waals surface area contributed by atoms with Crippen LogP contribution >= 0.6 is 0 Å². The van der Waals surface area contributed by atoms with E-state index in [9.17, 15) is 33.2 Å². The number of benzene rings is 1. The smallest absolute Gasteiger partial charge is 0.272 e. The average Bonchev–Trinajstić information content (AvgIpc) is 3.72. The third kappa shape index (κ3) is 8.53. The highest BCUT2D eigenvalue weighted by Crippen LogP contribution is 2.53. The Morgan fingerprint density at radius 1 is 1.00 bits per heavy atom. The van der Waals surface area contributed by atoms with Crippen molar-refractivity contribution in [2.45, 2.75) is 121 Å². The second kappa shape index (κ2) is 18.2. The summed E-state index contributed by atoms with van der Waals surface area (Å²) in [6.45, 7) is 2.81. The number of methoxy groups -OCH3 is 1. The van der Waals surface area contributed by atoms with Crippen molar-refractivity contribution in [2.75, 3.05) is 32.6 Å². The molecule has 6 aliphatic rings. The van der Waals surface area contributed by atoms with E-state index in [0.29, 0.717) is 35.2 Å². The molecule has 6 amide bonds. The molecule has 5 N–H and O–H groups in total. The Kier molecular flexibility index (Phi) is 12.4. The van der Waals surface area contributed by atoms with Gasteiger partial charge in [0.25, 0.3) is 23.6 Å². The number of piperidine rings is 1. The van der Waals surface area contributed by atoms with Gasteiger partial charge in [-0.15, -0.1) is 0 Å². The van der Waals surface area contributed by atoms with Gasteiger partial charge in [-0.1, -0.05) is 24.8 Å². The van der Waals surface area contributed by atoms with E-state index in [0.717, 1.165) is 75.7 Å². The van der Waals surface area contributed by atoms with Gasteiger partial charge in [0.05, 0.1) is 29.8 Å². The van der Waals surface area contributed by atoms with Crippen molar-refractivity contribution >= 4 is 52.2 Å². The summed E-state index contributed by atoms with van der Waals surface area (Å²) < 4.78 is 25.8. The lowest BCUT2D eigenvalue weighted by molar-refractivity contribution is -0.136. The molecule has 4 atom stereocenters. The van der Waals surface area contributed by atoms with E-state index in [2.05, 4.69) is 54.7 Å². The number of hydrogen-bond acceptors (Lipinski definition) is 13. The molecule has 3 aliphatic carbocycles. The number of anilines is 1. The van der Waals surface area contributed by atoms with E-state index in [4.69, 9.17) is 15.2 Å². The lowest BCUT2D eigenvalue weighted by Crippen LogP contribution is -2.54. The fraction of sp³-hybridized carbons (Fsp3) is 0.562. The van der Waals surface area contributed by atoms with Crippen LogP contribution in [-0.2, 0) is 14.4 Å². The van der Waals surface area contributed by atoms with E-state index in [1.165, 1.54) is 13.3 Å². The topological polar surface area (TPSA) is 228 Å². The number of hydrogen-bond donors (Lipinski definition) is 4. The third-order valence-electron chi connectivity index (χ3n) is 15.0. The van der Waals surface area contributed by atoms with Crippen LogP contribution in [0.15, 0.2) is 24.4 Å². The molecular formula is C48H56FN9O8. The molecule has 3 aromatic rings. The van der Waals surface area contributed by atoms with Gasteiger partial charge in [0.2, 0.25) is 23.6 Å². The van der Waals surface area contributed by atoms with E-state index < -0.39 is 59.6 Å². The lowest BCUT2D eigenvalue weighted by atomic mass is 9.57. The first-order valence-corrected chi connectivity index (χ1v) is 23.2. The minimum Gasteiger partial charge on any atom is -0.479 e. The first-order chi connectivity index (χ1) is 31.8. The highest BCUT2D eigenvalue weighted by molar-refractivity contribution is 6.25. The zero-order valence-electron chi connectivity index (χ0n) is 37.5. The predicted molar refractivity (Wildman–Crippen MR) is 238 cm³/mol. The second-order valence-electron chi connectivity index (χ2n) is 19.1. The van der Waals surface area contributed by atoms with Crippen LogP contribution in [0.1, 0.15) is 127 Å². The monoisotopic (exact) mass is 905 g/mol. The van der Waals surface area contributed by atoms with Crippen molar-refractivity contribution < 1.29 is 42.6 Å². The average molecular weight is 906 g/mol. The highest BCUT2D eigenvalue weighted by atomic mass is 19.1. The lowest BCUT2D eigenvalue weighted by Gasteiger charge is -2.53. The Hall–Kier alpha value is -6.22. The highest BCUT2D eigenvalue weighted by Gasteiger charge is 2.49. The molecule has 5 heterocycles. The van der Waals surface area contributed by atoms with Crippen LogP contribution < -0.4 is 31.2 Å². The van der Waals surface area contributed by atoms with Crippen molar-refractivity contribution in [3.8, 4) is 23.6 Å². The largest absolute Gasteiger partial charge is 0.479 e. The number of rotatable bonds is 12. The van der Waals surface area contributed by atoms with E-state index >= 15 is 0 Å². The molecule has 9 rings (SSSR count). The Bertz CT molecular complexity index is 2540. The van der Waals surface area contributed by atoms with Crippen LogP contribution in [0.25, 0.3) is 11.0 Å². The summed E-state index contributed by atoms with van der Waals surface area (Å²) in [5, 5.41) is 8.47. The van der Waals surface area contributed by atoms with Crippen molar-refractivity contribution in [3.63, 3.8) is 0 Å². The van der Waals surface area contributed by atoms with Gasteiger partial charge in [0, 0.05) is 48.8 Å². The molecule has 3 unspecified atom stereocenters. The van der Waals surface area contributed by atoms with Crippen LogP contribution in [-0.4, -0.2) is 118 Å². The van der Waals surface area contributed by atoms with E-state index in [1.54, 1.807) is 12.1 Å². The molecule has 0 bridgehead atoms. The minimum absolute atomic E-state index is 0.0390. The summed E-state index contributed by atoms with van der Waals surface area (Å²) in [6, 6.07) is 4.36. The zero-order chi connectivity index (χ0) is 46.4. The van der Waals surface area contributed by atoms with E-state index in [-0.39, 0.29) is 70.9 Å². The number of carbonyl (C=O) groups excluding carboxylic acids is 6. The number of aromatic nitrogens is 3. The molecule has 0 radical (unpaired) electrons. The van der Waals surface area contributed by atoms with Gasteiger partial charge in [-0.25, -0.2) is 19.3 Å². The van der Waals surface area contributed by atoms with Crippen molar-refractivity contribution in [3.05, 3.63) is 46.8 Å². The van der Waals surface area contributed by atoms with Crippen LogP contribution in [0.2, 0.25) is 0 Å². The summed E-state index contributed by atoms with van der Waals surface area (Å²) in [7, 11) is 3.60. The minimum atomic E-state index is -1.61. The summed E-state index contributed by atoms with van der Waals surface area (Å²) in [6.07, 6.45) is 11.1. The van der Waals surface area contributed by atoms with Gasteiger partial charge in [-0.2, -0.15) is 0 Å². The molecule has 5 fully saturated rings. The van der Waals surface area contributed by atoms with Gasteiger partial charge in [-0.3, -0.25) is 39.0 Å². The number of carbonyl (C=O) groups is 6. The molecule has 3 aliphatic heterocycles. The Morgan fingerprint density at radius 2 is 1.76 bits per heavy atom. The van der Waals surface area contributed by atoms with Crippen LogP contribution in [0.5, 0.6) is 11.8 Å². The third-order valence-corrected chi connectivity index (χ3v) is 15.0. The first kappa shape index (κ1) is 45.0. The molecule has 3 saturated carbocycles. The molecule has 18 heteroatoms. The van der Waals surface area contributed by atoms with E-state index in [1.807, 2.05) is 13.0 Å². The predicted octanol–water partition coefficient (Wildman–Crippen LogP) is 4.07. The second-order valence-corrected chi connectivity index (χ2v) is 19.1. The molecule has 1 aromatic carbocycles. The molecule has 2 saturated heterocycles. The fourth-order valence-corrected chi connectivity index (χ4v) is 11.3. The van der Waals surface area contributed by atoms with Crippen LogP contribution in [0.4, 0.5) is 10.1 Å². The van der Waals surface area contributed by atoms with Crippen molar-refractivity contribution in [1.29, 1.82) is 0 Å². The normalized spacial score (nSPS) is 29.5. The van der Waals surface area contributed by atoms with Crippen LogP contribution in [0, 0.1) is 35.0 Å². The SMILES string of the molecule is CCC1C(COc2ncc(C#CC3CCC(CN(C)C4CCC5(CC4)CC(Nc4cccc6c4C(=O)N(C4CCC(=O)NC4=O)C6=O)C5)CC3)c3nc(C(N)=O)c(OC)nc23)NC(=O)[C@H]1F. The van der Waals surface area contributed by atoms with Gasteiger partial charge in [-0.05, 0) is 108 Å². The Labute approximate surface area is 381 Å². The van der Waals surface area contributed by atoms with Crippen molar-refractivity contribution in [2.24, 2.45) is 28.9 Å². The van der Waals surface area contributed by atoms with Gasteiger partial charge in [0.15, 0.2) is 17.4 Å². The standard InChI is InChI=1S/C48H56FN9O8/c1-4-30-33(53-43(62)37(30)49)24-66-44-39-38(55-40(41(50)60)45(56-39)65-3)27(22-51-44)13-12-25-8-10-26(11-9-25)23-57(2)29-16-18-48(19-17-29)20-28(21-48)52-32-7-5-6-31-36(32)47(64)58(46(31)63)34-14-15-35(59)54-42(34)61/h5-7,22,25-26,28-30,33-34,37,52H,4,8-11,14-21,23-24H2,1-3H3,(H2,50,60)(H,53,62)(H,54,59,61)/t25?,26?,28?,29?,30?,33?,34?,37-,48?/m0/s1. The number of alkyl halides is 1. The molecular weight excluding hydrogens is 850 g/mol. The maximum absolute atomic E-state index is 14.5. The number of amides is 6. The maximum Gasteiger partial charge on any atom is 0.272 e. The molecule has 17 nitrogen and oxygen atoms in total. The van der Waals surface area contributed by atoms with Crippen LogP contribution in [0.3, 0.4) is 0 Å². The quantitative estimate of drug-likeness (QED) is 0.149. The number of fused-ring (bicyclic) bond motifs is 2. The number of halogens is 1. The van der Waals surface area contributed by atoms with Crippen molar-refractivity contribution in [1.82, 2.24) is 35.4 Å². The summed E-state index contributed by atoms with van der Waals surface area (Å²) in [5.74, 6) is 3.37. The number of ether oxygens (including phenoxy) is 2. The molecule has 66 heavy (non-hydrogen) atoms. The molecule has 348 valence electrons. The number of pyridine rings is 1. The number of imide groups is 2. The fourth-order valence-electron chi connectivity index (χ4n) is 11.3. The van der Waals surface area contributed by atoms with Gasteiger partial charge >= 0.3 is 0 Å². The summed E-state index contributed by atoms with van der Waals surface area (Å²) in [4.78, 5) is 92.5. The molecule has 1 spiro atoms.